The second-order valence-corrected chi connectivity index (χ2v) is 7.73. The Hall–Kier alpha value is -0.890. The molecule has 24 heavy (non-hydrogen) atoms. The summed E-state index contributed by atoms with van der Waals surface area (Å²) in [6, 6.07) is 10.6. The van der Waals surface area contributed by atoms with Gasteiger partial charge in [0, 0.05) is 42.4 Å². The first kappa shape index (κ1) is 19.4. The molecule has 132 valence electrons. The van der Waals surface area contributed by atoms with Gasteiger partial charge in [0.2, 0.25) is 0 Å². The number of halogens is 1. The minimum atomic E-state index is 0. The molecule has 1 aromatic carbocycles. The van der Waals surface area contributed by atoms with E-state index in [-0.39, 0.29) is 24.0 Å². The van der Waals surface area contributed by atoms with E-state index < -0.39 is 0 Å². The molecule has 2 N–H and O–H groups in total. The largest absolute Gasteiger partial charge is 0.357 e. The monoisotopic (exact) mass is 458 g/mol. The maximum absolute atomic E-state index is 4.48. The number of aromatic amines is 1. The lowest BCUT2D eigenvalue weighted by Crippen LogP contribution is -2.48. The number of guanidine groups is 1. The number of aliphatic imine (C=N–C) groups is 1. The molecule has 0 saturated carbocycles. The lowest BCUT2D eigenvalue weighted by molar-refractivity contribution is 0.380. The third-order valence-corrected chi connectivity index (χ3v) is 5.91. The molecule has 3 rings (SSSR count). The fourth-order valence-electron chi connectivity index (χ4n) is 3.01. The second kappa shape index (κ2) is 8.99. The Morgan fingerprint density at radius 1 is 1.42 bits per heavy atom. The highest BCUT2D eigenvalue weighted by Crippen LogP contribution is 2.25. The topological polar surface area (TPSA) is 43.4 Å². The molecule has 4 nitrogen and oxygen atoms in total. The molecular weight excluding hydrogens is 431 g/mol. The van der Waals surface area contributed by atoms with Gasteiger partial charge in [-0.05, 0) is 23.4 Å². The smallest absolute Gasteiger partial charge is 0.194 e. The standard InChI is InChI=1S/C18H26N4S.HI/c1-13(2)17-12-22(8-9-23-17)18(19-3)20-11-15-10-14-6-4-5-7-16(14)21-15;/h4-7,10,13,17,21H,8-9,11-12H2,1-3H3,(H,19,20);1H. The minimum Gasteiger partial charge on any atom is -0.357 e. The SMILES string of the molecule is CN=C(NCc1cc2ccccc2[nH]1)N1CCSC(C(C)C)C1.I. The molecule has 0 radical (unpaired) electrons. The molecule has 2 heterocycles. The van der Waals surface area contributed by atoms with Gasteiger partial charge in [-0.3, -0.25) is 4.99 Å². The average molecular weight is 458 g/mol. The van der Waals surface area contributed by atoms with E-state index in [9.17, 15) is 0 Å². The number of fused-ring (bicyclic) bond motifs is 1. The predicted octanol–water partition coefficient (Wildman–Crippen LogP) is 3.93. The van der Waals surface area contributed by atoms with Gasteiger partial charge in [0.1, 0.15) is 0 Å². The zero-order valence-corrected chi connectivity index (χ0v) is 17.7. The fraction of sp³-hybridized carbons (Fsp3) is 0.500. The van der Waals surface area contributed by atoms with Gasteiger partial charge in [-0.15, -0.1) is 24.0 Å². The zero-order valence-electron chi connectivity index (χ0n) is 14.6. The molecular formula is C18H27IN4S. The molecule has 1 aromatic heterocycles. The quantitative estimate of drug-likeness (QED) is 0.416. The van der Waals surface area contributed by atoms with E-state index in [0.717, 1.165) is 25.6 Å². The van der Waals surface area contributed by atoms with Crippen LogP contribution in [0.1, 0.15) is 19.5 Å². The summed E-state index contributed by atoms with van der Waals surface area (Å²) in [5.74, 6) is 2.89. The molecule has 1 fully saturated rings. The number of para-hydroxylation sites is 1. The fourth-order valence-corrected chi connectivity index (χ4v) is 4.31. The van der Waals surface area contributed by atoms with Crippen LogP contribution in [0.4, 0.5) is 0 Å². The van der Waals surface area contributed by atoms with Gasteiger partial charge in [-0.1, -0.05) is 32.0 Å². The molecule has 1 atom stereocenters. The van der Waals surface area contributed by atoms with Crippen LogP contribution in [-0.4, -0.2) is 47.0 Å². The van der Waals surface area contributed by atoms with Gasteiger partial charge in [-0.25, -0.2) is 0 Å². The molecule has 1 unspecified atom stereocenters. The zero-order chi connectivity index (χ0) is 16.2. The number of benzene rings is 1. The van der Waals surface area contributed by atoms with Gasteiger partial charge in [0.05, 0.1) is 6.54 Å². The number of nitrogens with zero attached hydrogens (tertiary/aromatic N) is 2. The average Bonchev–Trinajstić information content (AvgIpc) is 2.98. The van der Waals surface area contributed by atoms with E-state index >= 15 is 0 Å². The van der Waals surface area contributed by atoms with Crippen molar-refractivity contribution < 1.29 is 0 Å². The van der Waals surface area contributed by atoms with Crippen LogP contribution in [0.3, 0.4) is 0 Å². The van der Waals surface area contributed by atoms with E-state index in [1.165, 1.54) is 22.3 Å². The van der Waals surface area contributed by atoms with Crippen molar-refractivity contribution in [2.24, 2.45) is 10.9 Å². The number of nitrogens with one attached hydrogen (secondary N) is 2. The van der Waals surface area contributed by atoms with Crippen LogP contribution in [0.5, 0.6) is 0 Å². The first-order chi connectivity index (χ1) is 11.2. The third-order valence-electron chi connectivity index (χ3n) is 4.37. The molecule has 0 aliphatic carbocycles. The first-order valence-corrected chi connectivity index (χ1v) is 9.36. The number of rotatable bonds is 3. The first-order valence-electron chi connectivity index (χ1n) is 8.31. The molecule has 1 aliphatic rings. The Bertz CT molecular complexity index is 649. The summed E-state index contributed by atoms with van der Waals surface area (Å²) in [7, 11) is 1.87. The van der Waals surface area contributed by atoms with Crippen molar-refractivity contribution >= 4 is 52.6 Å². The van der Waals surface area contributed by atoms with Crippen LogP contribution in [-0.2, 0) is 6.54 Å². The van der Waals surface area contributed by atoms with E-state index in [4.69, 9.17) is 0 Å². The van der Waals surface area contributed by atoms with Crippen molar-refractivity contribution in [2.45, 2.75) is 25.6 Å². The normalized spacial score (nSPS) is 18.8. The maximum Gasteiger partial charge on any atom is 0.194 e. The summed E-state index contributed by atoms with van der Waals surface area (Å²) in [4.78, 5) is 10.3. The number of thioether (sulfide) groups is 1. The van der Waals surface area contributed by atoms with Gasteiger partial charge >= 0.3 is 0 Å². The van der Waals surface area contributed by atoms with Gasteiger partial charge in [0.15, 0.2) is 5.96 Å². The molecule has 0 bridgehead atoms. The van der Waals surface area contributed by atoms with Crippen molar-refractivity contribution in [3.05, 3.63) is 36.0 Å². The Labute approximate surface area is 165 Å². The van der Waals surface area contributed by atoms with Crippen molar-refractivity contribution in [3.8, 4) is 0 Å². The Kier molecular flexibility index (Phi) is 7.28. The summed E-state index contributed by atoms with van der Waals surface area (Å²) in [6.45, 7) is 7.54. The van der Waals surface area contributed by atoms with Crippen LogP contribution in [0.2, 0.25) is 0 Å². The highest BCUT2D eigenvalue weighted by molar-refractivity contribution is 14.0. The summed E-state index contributed by atoms with van der Waals surface area (Å²) in [5, 5.41) is 5.46. The van der Waals surface area contributed by atoms with Crippen molar-refractivity contribution in [3.63, 3.8) is 0 Å². The van der Waals surface area contributed by atoms with Crippen LogP contribution < -0.4 is 5.32 Å². The number of aromatic nitrogens is 1. The van der Waals surface area contributed by atoms with Crippen LogP contribution in [0, 0.1) is 5.92 Å². The van der Waals surface area contributed by atoms with Gasteiger partial charge in [0.25, 0.3) is 0 Å². The minimum absolute atomic E-state index is 0. The third kappa shape index (κ3) is 4.59. The predicted molar refractivity (Wildman–Crippen MR) is 117 cm³/mol. The van der Waals surface area contributed by atoms with E-state index in [1.54, 1.807) is 0 Å². The number of H-pyrrole nitrogens is 1. The summed E-state index contributed by atoms with van der Waals surface area (Å²) in [6.07, 6.45) is 0. The van der Waals surface area contributed by atoms with Crippen LogP contribution in [0.15, 0.2) is 35.3 Å². The van der Waals surface area contributed by atoms with E-state index in [1.807, 2.05) is 7.05 Å². The van der Waals surface area contributed by atoms with Crippen molar-refractivity contribution in [1.29, 1.82) is 0 Å². The lowest BCUT2D eigenvalue weighted by Gasteiger charge is -2.36. The number of hydrogen-bond acceptors (Lipinski definition) is 2. The van der Waals surface area contributed by atoms with Gasteiger partial charge in [-0.2, -0.15) is 11.8 Å². The van der Waals surface area contributed by atoms with Gasteiger partial charge < -0.3 is 15.2 Å². The summed E-state index contributed by atoms with van der Waals surface area (Å²) in [5.41, 5.74) is 2.38. The van der Waals surface area contributed by atoms with Crippen molar-refractivity contribution in [1.82, 2.24) is 15.2 Å². The molecule has 0 spiro atoms. The second-order valence-electron chi connectivity index (χ2n) is 6.38. The lowest BCUT2D eigenvalue weighted by atomic mass is 10.1. The molecule has 1 aliphatic heterocycles. The highest BCUT2D eigenvalue weighted by atomic mass is 127. The molecule has 2 aromatic rings. The summed E-state index contributed by atoms with van der Waals surface area (Å²) < 4.78 is 0. The number of hydrogen-bond donors (Lipinski definition) is 2. The van der Waals surface area contributed by atoms with Crippen LogP contribution >= 0.6 is 35.7 Å². The molecule has 1 saturated heterocycles. The van der Waals surface area contributed by atoms with Crippen LogP contribution in [0.25, 0.3) is 10.9 Å². The molecule has 0 amide bonds. The summed E-state index contributed by atoms with van der Waals surface area (Å²) >= 11 is 2.09. The highest BCUT2D eigenvalue weighted by Gasteiger charge is 2.24. The van der Waals surface area contributed by atoms with E-state index in [0.29, 0.717) is 11.2 Å². The Balaban J connectivity index is 0.00000208. The Morgan fingerprint density at radius 2 is 2.21 bits per heavy atom. The van der Waals surface area contributed by atoms with Crippen molar-refractivity contribution in [2.75, 3.05) is 25.9 Å². The Morgan fingerprint density at radius 3 is 2.92 bits per heavy atom. The molecule has 6 heteroatoms. The van der Waals surface area contributed by atoms with E-state index in [2.05, 4.69) is 76.1 Å². The maximum atomic E-state index is 4.48.